The second-order valence-electron chi connectivity index (χ2n) is 6.42. The van der Waals surface area contributed by atoms with Crippen molar-refractivity contribution in [2.45, 2.75) is 19.8 Å². The van der Waals surface area contributed by atoms with Gasteiger partial charge in [0, 0.05) is 24.6 Å². The summed E-state index contributed by atoms with van der Waals surface area (Å²) in [5.41, 5.74) is 8.23. The first-order chi connectivity index (χ1) is 10.6. The third kappa shape index (κ3) is 1.55. The third-order valence-corrected chi connectivity index (χ3v) is 6.24. The van der Waals surface area contributed by atoms with Crippen LogP contribution in [0.5, 0.6) is 0 Å². The molecule has 0 bridgehead atoms. The summed E-state index contributed by atoms with van der Waals surface area (Å²) in [5, 5.41) is 0. The van der Waals surface area contributed by atoms with Gasteiger partial charge in [-0.3, -0.25) is 0 Å². The summed E-state index contributed by atoms with van der Waals surface area (Å²) in [5.74, 6) is 2.41. The molecule has 0 saturated carbocycles. The van der Waals surface area contributed by atoms with Gasteiger partial charge in [-0.15, -0.1) is 10.5 Å². The van der Waals surface area contributed by atoms with Gasteiger partial charge in [-0.2, -0.15) is 6.07 Å². The molecule has 2 aliphatic rings. The number of pyridine rings is 1. The van der Waals surface area contributed by atoms with Gasteiger partial charge in [0.05, 0.1) is 12.7 Å². The van der Waals surface area contributed by atoms with Crippen molar-refractivity contribution in [3.8, 4) is 17.1 Å². The number of aryl methyl sites for hydroxylation is 1. The maximum atomic E-state index is 4.96. The number of imidazole rings is 1. The summed E-state index contributed by atoms with van der Waals surface area (Å²) in [7, 11) is 2.08. The van der Waals surface area contributed by atoms with Gasteiger partial charge in [-0.1, -0.05) is 23.3 Å². The van der Waals surface area contributed by atoms with Crippen molar-refractivity contribution in [1.29, 1.82) is 0 Å². The Kier molecular flexibility index (Phi) is 2.58. The number of fused-ring (bicyclic) bond motifs is 7. The summed E-state index contributed by atoms with van der Waals surface area (Å²) in [6.07, 6.45) is 5.18. The van der Waals surface area contributed by atoms with Crippen LogP contribution in [-0.2, 0) is 19.9 Å². The molecule has 3 heterocycles. The van der Waals surface area contributed by atoms with Crippen LogP contribution in [0.1, 0.15) is 28.2 Å². The maximum Gasteiger partial charge on any atom is 0.259 e. The number of nitrogens with zero attached hydrogens (tertiary/aromatic N) is 3. The molecule has 0 N–H and O–H groups in total. The Balaban J connectivity index is 0.00000135. The minimum absolute atomic E-state index is 0. The van der Waals surface area contributed by atoms with E-state index in [4.69, 9.17) is 4.98 Å². The van der Waals surface area contributed by atoms with Crippen molar-refractivity contribution in [2.24, 2.45) is 7.05 Å². The summed E-state index contributed by atoms with van der Waals surface area (Å²) >= 11 is 1.09. The normalized spacial score (nSPS) is 13.1. The Bertz CT molecular complexity index is 975. The number of hydrogen-bond donors (Lipinski definition) is 0. The van der Waals surface area contributed by atoms with Crippen LogP contribution in [0.4, 0.5) is 0 Å². The zero-order valence-electron chi connectivity index (χ0n) is 13.4. The first-order valence-corrected chi connectivity index (χ1v) is 8.75. The molecule has 115 valence electrons. The van der Waals surface area contributed by atoms with E-state index in [0.29, 0.717) is 0 Å². The fraction of sp³-hybridized carbons (Fsp3) is 0.222. The second kappa shape index (κ2) is 4.32. The van der Waals surface area contributed by atoms with E-state index >= 15 is 0 Å². The van der Waals surface area contributed by atoms with Gasteiger partial charge in [-0.05, 0) is 12.5 Å². The topological polar surface area (TPSA) is 21.7 Å². The van der Waals surface area contributed by atoms with Crippen molar-refractivity contribution in [3.63, 3.8) is 0 Å². The SMILES string of the molecule is Cc1[c]([AlH2])ccc2c1-c1c(nc3n1-c1c(cc[c-][n+]1C)C3)C2.[Bk]. The summed E-state index contributed by atoms with van der Waals surface area (Å²) in [4.78, 5) is 4.96. The fourth-order valence-corrected chi connectivity index (χ4v) is 4.39. The van der Waals surface area contributed by atoms with Gasteiger partial charge in [-0.25, -0.2) is 9.55 Å². The molecule has 1 radical (unpaired) electrons. The Morgan fingerprint density at radius 3 is 2.87 bits per heavy atom. The molecule has 0 spiro atoms. The molecule has 0 unspecified atom stereocenters. The van der Waals surface area contributed by atoms with E-state index in [1.807, 2.05) is 6.07 Å². The smallest absolute Gasteiger partial charge is 0.259 e. The Labute approximate surface area is 137 Å². The van der Waals surface area contributed by atoms with Gasteiger partial charge in [0.25, 0.3) is 16.3 Å². The second-order valence-corrected chi connectivity index (χ2v) is 7.50. The van der Waals surface area contributed by atoms with Crippen molar-refractivity contribution in [3.05, 3.63) is 58.7 Å². The van der Waals surface area contributed by atoms with Gasteiger partial charge in [0.2, 0.25) is 0 Å². The average Bonchev–Trinajstić information content (AvgIpc) is 3.10. The van der Waals surface area contributed by atoms with Gasteiger partial charge in [0.15, 0.2) is 17.3 Å². The zero-order valence-corrected chi connectivity index (χ0v) is 18.2. The molecule has 0 atom stereocenters. The van der Waals surface area contributed by atoms with Crippen molar-refractivity contribution >= 4 is 20.7 Å². The predicted molar refractivity (Wildman–Crippen MR) is 87.5 cm³/mol. The van der Waals surface area contributed by atoms with E-state index in [1.54, 1.807) is 0 Å². The Morgan fingerprint density at radius 1 is 1.22 bits per heavy atom. The molecule has 3 nitrogen and oxygen atoms in total. The number of benzene rings is 1. The molecule has 0 saturated heterocycles. The van der Waals surface area contributed by atoms with E-state index in [2.05, 4.69) is 47.5 Å². The van der Waals surface area contributed by atoms with Crippen LogP contribution < -0.4 is 8.99 Å². The van der Waals surface area contributed by atoms with Gasteiger partial charge >= 0.3 is 0 Å². The molecular weight excluding hydrogens is 532 g/mol. The molecule has 1 aromatic carbocycles. The fourth-order valence-electron chi connectivity index (χ4n) is 3.97. The molecular formula is C18H16AlBkN3. The molecule has 1 aliphatic heterocycles. The summed E-state index contributed by atoms with van der Waals surface area (Å²) in [6.45, 7) is 2.27. The zero-order chi connectivity index (χ0) is 15.0. The first-order valence-electron chi connectivity index (χ1n) is 7.75. The molecule has 0 amide bonds. The minimum atomic E-state index is 0. The quantitative estimate of drug-likeness (QED) is 0.158. The van der Waals surface area contributed by atoms with E-state index in [0.717, 1.165) is 29.1 Å². The van der Waals surface area contributed by atoms with Crippen LogP contribution in [0, 0.1) is 13.1 Å². The van der Waals surface area contributed by atoms with E-state index in [-0.39, 0.29) is 0 Å². The van der Waals surface area contributed by atoms with Gasteiger partial charge < -0.3 is 4.57 Å². The van der Waals surface area contributed by atoms with E-state index in [9.17, 15) is 0 Å². The van der Waals surface area contributed by atoms with Crippen LogP contribution in [-0.4, -0.2) is 25.8 Å². The van der Waals surface area contributed by atoms with Crippen molar-refractivity contribution in [2.75, 3.05) is 0 Å². The maximum absolute atomic E-state index is 4.96. The van der Waals surface area contributed by atoms with Crippen LogP contribution in [0.25, 0.3) is 17.1 Å². The van der Waals surface area contributed by atoms with Crippen molar-refractivity contribution in [1.82, 2.24) is 9.55 Å². The standard InChI is InChI=1S/C18H14N3.Al.Bk.2H/c1-11-5-3-6-12-9-14-17(16(11)12)21-15(19-14)10-13-7-4-8-20(2)18(13)21;;;;/h3-4,6-7H,9-10H2,1-2H3;;;;. The largest absolute Gasteiger partial charge is 0.343 e. The number of rotatable bonds is 0. The average molecular weight is 548 g/mol. The Morgan fingerprint density at radius 2 is 2.04 bits per heavy atom. The first kappa shape index (κ1) is 13.8. The number of hydrogen-bond acceptors (Lipinski definition) is 1. The number of aromatic nitrogens is 3. The minimum Gasteiger partial charge on any atom is -0.343 e. The van der Waals surface area contributed by atoms with Crippen LogP contribution in [0.3, 0.4) is 0 Å². The predicted octanol–water partition coefficient (Wildman–Crippen LogP) is 0.539. The van der Waals surface area contributed by atoms with Gasteiger partial charge in [0.1, 0.15) is 0 Å². The third-order valence-electron chi connectivity index (χ3n) is 5.15. The molecule has 0 fully saturated rings. The monoisotopic (exact) mass is 548 g/mol. The van der Waals surface area contributed by atoms with E-state index < -0.39 is 0 Å². The Hall–Kier alpha value is -2.89. The molecule has 23 heavy (non-hydrogen) atoms. The van der Waals surface area contributed by atoms with Crippen molar-refractivity contribution < 1.29 is 4.57 Å². The summed E-state index contributed by atoms with van der Waals surface area (Å²) < 4.78 is 5.97. The molecule has 2 aromatic heterocycles. The molecule has 3 aromatic rings. The molecule has 1 aliphatic carbocycles. The van der Waals surface area contributed by atoms with E-state index in [1.165, 1.54) is 49.7 Å². The van der Waals surface area contributed by atoms with Crippen LogP contribution in [0.2, 0.25) is 0 Å². The summed E-state index contributed by atoms with van der Waals surface area (Å²) in [6, 6.07) is 8.76. The molecule has 5 rings (SSSR count). The molecule has 5 heteroatoms. The van der Waals surface area contributed by atoms with Crippen LogP contribution in [0.15, 0.2) is 24.3 Å². The van der Waals surface area contributed by atoms with Crippen LogP contribution >= 0.6 is 0 Å².